The summed E-state index contributed by atoms with van der Waals surface area (Å²) in [6, 6.07) is 0. The van der Waals surface area contributed by atoms with Crippen molar-refractivity contribution in [3.63, 3.8) is 0 Å². The topological polar surface area (TPSA) is 17.8 Å². The average Bonchev–Trinajstić information content (AvgIpc) is 2.41. The monoisotopic (exact) mass is 174 g/mol. The van der Waals surface area contributed by atoms with Gasteiger partial charge in [-0.15, -0.1) is 6.42 Å². The van der Waals surface area contributed by atoms with Crippen molar-refractivity contribution >= 4 is 6.08 Å². The van der Waals surface area contributed by atoms with Gasteiger partial charge in [0.25, 0.3) is 0 Å². The van der Waals surface area contributed by atoms with Crippen molar-refractivity contribution in [3.8, 4) is 12.3 Å². The Morgan fingerprint density at radius 1 is 1.69 bits per heavy atom. The van der Waals surface area contributed by atoms with Gasteiger partial charge in [0.15, 0.2) is 0 Å². The molecule has 0 saturated carbocycles. The molecular weight excluding hydrogens is 160 g/mol. The fraction of sp³-hybridized carbons (Fsp3) is 0.364. The molecule has 13 heavy (non-hydrogen) atoms. The Morgan fingerprint density at radius 3 is 2.85 bits per heavy atom. The van der Waals surface area contributed by atoms with Crippen LogP contribution in [0.15, 0.2) is 12.3 Å². The maximum Gasteiger partial charge on any atom is 0.0877 e. The Morgan fingerprint density at radius 2 is 2.38 bits per heavy atom. The number of rotatable bonds is 2. The fourth-order valence-electron chi connectivity index (χ4n) is 1.08. The van der Waals surface area contributed by atoms with Crippen molar-refractivity contribution in [2.45, 2.75) is 13.8 Å². The van der Waals surface area contributed by atoms with E-state index in [1.807, 2.05) is 39.2 Å². The molecule has 2 heteroatoms. The van der Waals surface area contributed by atoms with Gasteiger partial charge in [0.05, 0.1) is 5.69 Å². The molecule has 0 saturated heterocycles. The molecule has 0 radical (unpaired) electrons. The van der Waals surface area contributed by atoms with Crippen LogP contribution in [0.3, 0.4) is 0 Å². The highest BCUT2D eigenvalue weighted by atomic mass is 15.2. The molecule has 0 fully saturated rings. The summed E-state index contributed by atoms with van der Waals surface area (Å²) in [7, 11) is 1.91. The van der Waals surface area contributed by atoms with Gasteiger partial charge in [-0.1, -0.05) is 12.0 Å². The van der Waals surface area contributed by atoms with E-state index in [-0.39, 0.29) is 5.92 Å². The van der Waals surface area contributed by atoms with Crippen LogP contribution in [-0.2, 0) is 7.05 Å². The molecule has 0 aromatic carbocycles. The summed E-state index contributed by atoms with van der Waals surface area (Å²) in [4.78, 5) is 0. The molecule has 68 valence electrons. The zero-order valence-corrected chi connectivity index (χ0v) is 8.28. The minimum atomic E-state index is 0.168. The van der Waals surface area contributed by atoms with E-state index in [0.717, 1.165) is 5.69 Å². The fourth-order valence-corrected chi connectivity index (χ4v) is 1.08. The van der Waals surface area contributed by atoms with E-state index in [9.17, 15) is 0 Å². The largest absolute Gasteiger partial charge is 0.275 e. The molecule has 2 nitrogen and oxygen atoms in total. The number of hydrogen-bond donors (Lipinski definition) is 0. The lowest BCUT2D eigenvalue weighted by Crippen LogP contribution is -1.87. The van der Waals surface area contributed by atoms with Crippen LogP contribution in [-0.4, -0.2) is 9.78 Å². The van der Waals surface area contributed by atoms with E-state index in [1.54, 1.807) is 4.68 Å². The van der Waals surface area contributed by atoms with Crippen LogP contribution in [0.4, 0.5) is 0 Å². The molecule has 0 aliphatic rings. The van der Waals surface area contributed by atoms with Gasteiger partial charge in [0, 0.05) is 19.2 Å². The molecular formula is C11H14N2. The van der Waals surface area contributed by atoms with Crippen molar-refractivity contribution < 1.29 is 0 Å². The zero-order chi connectivity index (χ0) is 9.84. The molecule has 1 aromatic rings. The van der Waals surface area contributed by atoms with E-state index >= 15 is 0 Å². The second-order valence-corrected chi connectivity index (χ2v) is 3.19. The first-order valence-corrected chi connectivity index (χ1v) is 4.28. The number of nitrogens with zero attached hydrogens (tertiary/aromatic N) is 2. The lowest BCUT2D eigenvalue weighted by Gasteiger charge is -1.92. The maximum absolute atomic E-state index is 5.25. The highest BCUT2D eigenvalue weighted by molar-refractivity contribution is 5.48. The number of terminal acetylenes is 1. The highest BCUT2D eigenvalue weighted by Gasteiger charge is 1.98. The predicted octanol–water partition coefficient (Wildman–Crippen LogP) is 2.01. The normalized spacial score (nSPS) is 13.1. The van der Waals surface area contributed by atoms with Crippen molar-refractivity contribution in [1.29, 1.82) is 0 Å². The third-order valence-electron chi connectivity index (χ3n) is 1.86. The molecule has 0 spiro atoms. The SMILES string of the molecule is C#CC(C)/C=C\c1nn(C)cc1C. The van der Waals surface area contributed by atoms with E-state index in [0.29, 0.717) is 0 Å². The van der Waals surface area contributed by atoms with E-state index in [2.05, 4.69) is 11.0 Å². The van der Waals surface area contributed by atoms with Gasteiger partial charge in [0.1, 0.15) is 0 Å². The Labute approximate surface area is 79.3 Å². The van der Waals surface area contributed by atoms with E-state index in [1.165, 1.54) is 5.56 Å². The van der Waals surface area contributed by atoms with Gasteiger partial charge in [-0.25, -0.2) is 0 Å². The van der Waals surface area contributed by atoms with Crippen molar-refractivity contribution in [2.24, 2.45) is 13.0 Å². The molecule has 0 amide bonds. The lowest BCUT2D eigenvalue weighted by molar-refractivity contribution is 0.764. The summed E-state index contributed by atoms with van der Waals surface area (Å²) in [5.41, 5.74) is 2.16. The Kier molecular flexibility index (Phi) is 2.92. The van der Waals surface area contributed by atoms with Gasteiger partial charge in [-0.05, 0) is 25.5 Å². The molecule has 0 bridgehead atoms. The highest BCUT2D eigenvalue weighted by Crippen LogP contribution is 2.07. The van der Waals surface area contributed by atoms with Crippen LogP contribution in [0.25, 0.3) is 6.08 Å². The van der Waals surface area contributed by atoms with Crippen LogP contribution in [0.2, 0.25) is 0 Å². The van der Waals surface area contributed by atoms with Crippen LogP contribution < -0.4 is 0 Å². The van der Waals surface area contributed by atoms with Crippen LogP contribution in [0.1, 0.15) is 18.2 Å². The van der Waals surface area contributed by atoms with Crippen molar-refractivity contribution in [3.05, 3.63) is 23.5 Å². The smallest absolute Gasteiger partial charge is 0.0877 e. The van der Waals surface area contributed by atoms with Gasteiger partial charge >= 0.3 is 0 Å². The maximum atomic E-state index is 5.25. The van der Waals surface area contributed by atoms with E-state index in [4.69, 9.17) is 6.42 Å². The third-order valence-corrected chi connectivity index (χ3v) is 1.86. The zero-order valence-electron chi connectivity index (χ0n) is 8.28. The first-order valence-electron chi connectivity index (χ1n) is 4.28. The predicted molar refractivity (Wildman–Crippen MR) is 55.0 cm³/mol. The number of aromatic nitrogens is 2. The number of aryl methyl sites for hydroxylation is 2. The molecule has 1 rings (SSSR count). The summed E-state index contributed by atoms with van der Waals surface area (Å²) >= 11 is 0. The summed E-state index contributed by atoms with van der Waals surface area (Å²) in [6.45, 7) is 4.02. The molecule has 0 N–H and O–H groups in total. The molecule has 1 unspecified atom stereocenters. The first-order chi connectivity index (χ1) is 6.13. The van der Waals surface area contributed by atoms with Crippen LogP contribution in [0, 0.1) is 25.2 Å². The quantitative estimate of drug-likeness (QED) is 0.627. The van der Waals surface area contributed by atoms with E-state index < -0.39 is 0 Å². The molecule has 1 aromatic heterocycles. The Balaban J connectivity index is 2.80. The molecule has 1 atom stereocenters. The second-order valence-electron chi connectivity index (χ2n) is 3.19. The molecule has 0 aliphatic heterocycles. The van der Waals surface area contributed by atoms with Crippen molar-refractivity contribution in [1.82, 2.24) is 9.78 Å². The molecule has 1 heterocycles. The number of allylic oxidation sites excluding steroid dienone is 1. The standard InChI is InChI=1S/C11H14N2/c1-5-9(2)6-7-11-10(3)8-13(4)12-11/h1,6-9H,2-4H3/b7-6-. The summed E-state index contributed by atoms with van der Waals surface area (Å²) in [5.74, 6) is 2.81. The van der Waals surface area contributed by atoms with Gasteiger partial charge < -0.3 is 0 Å². The van der Waals surface area contributed by atoms with Crippen LogP contribution >= 0.6 is 0 Å². The molecule has 0 aliphatic carbocycles. The van der Waals surface area contributed by atoms with Crippen molar-refractivity contribution in [2.75, 3.05) is 0 Å². The first kappa shape index (κ1) is 9.60. The van der Waals surface area contributed by atoms with Gasteiger partial charge in [-0.2, -0.15) is 5.10 Å². The summed E-state index contributed by atoms with van der Waals surface area (Å²) < 4.78 is 1.80. The second kappa shape index (κ2) is 3.95. The minimum absolute atomic E-state index is 0.168. The Bertz CT molecular complexity index is 353. The third kappa shape index (κ3) is 2.48. The van der Waals surface area contributed by atoms with Gasteiger partial charge in [0.2, 0.25) is 0 Å². The van der Waals surface area contributed by atoms with Gasteiger partial charge in [-0.3, -0.25) is 4.68 Å². The lowest BCUT2D eigenvalue weighted by atomic mass is 10.1. The summed E-state index contributed by atoms with van der Waals surface area (Å²) in [5, 5.41) is 4.28. The Hall–Kier alpha value is -1.49. The van der Waals surface area contributed by atoms with Crippen LogP contribution in [0.5, 0.6) is 0 Å². The summed E-state index contributed by atoms with van der Waals surface area (Å²) in [6.07, 6.45) is 11.2. The average molecular weight is 174 g/mol. The minimum Gasteiger partial charge on any atom is -0.275 e. The number of hydrogen-bond acceptors (Lipinski definition) is 1.